The van der Waals surface area contributed by atoms with Crippen LogP contribution in [0.5, 0.6) is 0 Å². The molecular weight excluding hydrogens is 453 g/mol. The summed E-state index contributed by atoms with van der Waals surface area (Å²) in [5, 5.41) is 0. The lowest BCUT2D eigenvalue weighted by Crippen LogP contribution is -2.30. The Morgan fingerprint density at radius 3 is 2.37 bits per heavy atom. The molecule has 0 radical (unpaired) electrons. The molecule has 0 spiro atoms. The van der Waals surface area contributed by atoms with Crippen LogP contribution in [0.15, 0.2) is 78.9 Å². The molecule has 1 aliphatic heterocycles. The molecule has 0 fully saturated rings. The second kappa shape index (κ2) is 8.58. The number of hydrogen-bond acceptors (Lipinski definition) is 2. The van der Waals surface area contributed by atoms with Gasteiger partial charge in [-0.3, -0.25) is 9.59 Å². The zero-order chi connectivity index (χ0) is 24.7. The van der Waals surface area contributed by atoms with E-state index in [-0.39, 0.29) is 18.0 Å². The molecule has 0 N–H and O–H groups in total. The first kappa shape index (κ1) is 22.7. The summed E-state index contributed by atoms with van der Waals surface area (Å²) in [6, 6.07) is 21.3. The van der Waals surface area contributed by atoms with E-state index < -0.39 is 11.7 Å². The number of alkyl halides is 3. The summed E-state index contributed by atoms with van der Waals surface area (Å²) in [6.45, 7) is 2.43. The zero-order valence-corrected chi connectivity index (χ0v) is 18.8. The quantitative estimate of drug-likeness (QED) is 0.318. The number of para-hydroxylation sites is 1. The van der Waals surface area contributed by atoms with E-state index in [0.717, 1.165) is 29.3 Å². The van der Waals surface area contributed by atoms with E-state index in [1.54, 1.807) is 42.2 Å². The highest BCUT2D eigenvalue weighted by Gasteiger charge is 2.34. The number of halogens is 3. The van der Waals surface area contributed by atoms with E-state index in [0.29, 0.717) is 28.9 Å². The van der Waals surface area contributed by atoms with Crippen LogP contribution in [0.4, 0.5) is 18.9 Å². The summed E-state index contributed by atoms with van der Waals surface area (Å²) in [4.78, 5) is 26.8. The first-order valence-electron chi connectivity index (χ1n) is 11.1. The molecule has 5 rings (SSSR count). The average Bonchev–Trinajstić information content (AvgIpc) is 3.14. The Labute approximate surface area is 200 Å². The summed E-state index contributed by atoms with van der Waals surface area (Å²) in [5.41, 5.74) is 3.73. The summed E-state index contributed by atoms with van der Waals surface area (Å²) in [5.74, 6) is -0.265. The Morgan fingerprint density at radius 1 is 0.886 bits per heavy atom. The van der Waals surface area contributed by atoms with E-state index >= 15 is 0 Å². The van der Waals surface area contributed by atoms with Crippen LogP contribution in [0.1, 0.15) is 43.2 Å². The van der Waals surface area contributed by atoms with Crippen molar-refractivity contribution in [1.29, 1.82) is 0 Å². The molecule has 0 saturated carbocycles. The van der Waals surface area contributed by atoms with Gasteiger partial charge < -0.3 is 9.47 Å². The predicted octanol–water partition coefficient (Wildman–Crippen LogP) is 6.50. The number of carbonyl (C=O) groups excluding carboxylic acids is 2. The van der Waals surface area contributed by atoms with Gasteiger partial charge in [-0.15, -0.1) is 0 Å². The van der Waals surface area contributed by atoms with Gasteiger partial charge in [0, 0.05) is 16.9 Å². The second-order valence-corrected chi connectivity index (χ2v) is 8.55. The number of rotatable bonds is 3. The molecule has 0 aliphatic carbocycles. The molecule has 1 aromatic heterocycles. The molecule has 1 aliphatic rings. The van der Waals surface area contributed by atoms with Gasteiger partial charge in [-0.1, -0.05) is 42.5 Å². The first-order valence-corrected chi connectivity index (χ1v) is 11.1. The van der Waals surface area contributed by atoms with Crippen molar-refractivity contribution >= 4 is 17.9 Å². The van der Waals surface area contributed by atoms with Gasteiger partial charge in [0.2, 0.25) is 0 Å². The largest absolute Gasteiger partial charge is 0.417 e. The smallest absolute Gasteiger partial charge is 0.336 e. The van der Waals surface area contributed by atoms with Crippen molar-refractivity contribution in [2.24, 2.45) is 0 Å². The van der Waals surface area contributed by atoms with Crippen molar-refractivity contribution < 1.29 is 22.8 Å². The van der Waals surface area contributed by atoms with Gasteiger partial charge in [0.1, 0.15) is 0 Å². The second-order valence-electron chi connectivity index (χ2n) is 8.55. The molecule has 0 unspecified atom stereocenters. The highest BCUT2D eigenvalue weighted by Crippen LogP contribution is 2.38. The number of carbonyl (C=O) groups is 2. The zero-order valence-electron chi connectivity index (χ0n) is 18.8. The van der Waals surface area contributed by atoms with Gasteiger partial charge in [0.05, 0.1) is 24.3 Å². The summed E-state index contributed by atoms with van der Waals surface area (Å²) in [6.07, 6.45) is -3.69. The number of hydrogen-bond donors (Lipinski definition) is 0. The molecule has 1 amide bonds. The molecule has 176 valence electrons. The van der Waals surface area contributed by atoms with Crippen molar-refractivity contribution in [1.82, 2.24) is 4.57 Å². The van der Waals surface area contributed by atoms with Crippen LogP contribution in [0.2, 0.25) is 0 Å². The Kier molecular flexibility index (Phi) is 5.55. The lowest BCUT2D eigenvalue weighted by Gasteiger charge is -2.23. The number of fused-ring (bicyclic) bond motifs is 2. The average molecular weight is 474 g/mol. The minimum absolute atomic E-state index is 0.0795. The maximum absolute atomic E-state index is 13.7. The van der Waals surface area contributed by atoms with Crippen LogP contribution in [-0.2, 0) is 19.3 Å². The molecule has 0 saturated heterocycles. The fraction of sp³-hybridized carbons (Fsp3) is 0.143. The van der Waals surface area contributed by atoms with E-state index in [1.807, 2.05) is 34.9 Å². The third-order valence-electron chi connectivity index (χ3n) is 6.40. The molecule has 4 aromatic rings. The first-order chi connectivity index (χ1) is 16.8. The number of anilines is 1. The number of amides is 1. The topological polar surface area (TPSA) is 42.3 Å². The monoisotopic (exact) mass is 474 g/mol. The lowest BCUT2D eigenvalue weighted by atomic mass is 9.94. The predicted molar refractivity (Wildman–Crippen MR) is 127 cm³/mol. The van der Waals surface area contributed by atoms with Gasteiger partial charge in [0.15, 0.2) is 6.29 Å². The van der Waals surface area contributed by atoms with Crippen molar-refractivity contribution in [2.75, 3.05) is 4.90 Å². The van der Waals surface area contributed by atoms with Crippen molar-refractivity contribution in [3.05, 3.63) is 113 Å². The van der Waals surface area contributed by atoms with Gasteiger partial charge in [-0.25, -0.2) is 0 Å². The highest BCUT2D eigenvalue weighted by atomic mass is 19.4. The molecule has 7 heteroatoms. The van der Waals surface area contributed by atoms with Crippen molar-refractivity contribution in [3.63, 3.8) is 0 Å². The molecular formula is C28H21F3N2O2. The van der Waals surface area contributed by atoms with E-state index in [2.05, 4.69) is 0 Å². The molecule has 4 nitrogen and oxygen atoms in total. The van der Waals surface area contributed by atoms with Crippen LogP contribution in [0.3, 0.4) is 0 Å². The van der Waals surface area contributed by atoms with Crippen LogP contribution >= 0.6 is 0 Å². The van der Waals surface area contributed by atoms with Gasteiger partial charge in [-0.2, -0.15) is 13.2 Å². The van der Waals surface area contributed by atoms with E-state index in [4.69, 9.17) is 0 Å². The van der Waals surface area contributed by atoms with Gasteiger partial charge in [-0.05, 0) is 65.6 Å². The van der Waals surface area contributed by atoms with Crippen LogP contribution in [0.25, 0.3) is 11.1 Å². The minimum Gasteiger partial charge on any atom is -0.336 e. The van der Waals surface area contributed by atoms with Crippen molar-refractivity contribution in [2.45, 2.75) is 26.2 Å². The Balaban J connectivity index is 1.55. The number of nitrogens with zero attached hydrogens (tertiary/aromatic N) is 2. The molecule has 0 atom stereocenters. The molecule has 0 bridgehead atoms. The standard InChI is InChI=1S/C28H21F3N2O2/c1-18-14-19(10-13-23(18)24-7-3-4-8-25(24)28(29,30)31)27(35)33-16-21-11-12-22(17-34)32(21)15-20-6-2-5-9-26(20)33/h2-14,17H,15-16H2,1H3. The van der Waals surface area contributed by atoms with Crippen LogP contribution in [-0.4, -0.2) is 16.8 Å². The number of aryl methyl sites for hydroxylation is 1. The Morgan fingerprint density at radius 2 is 1.63 bits per heavy atom. The van der Waals surface area contributed by atoms with E-state index in [1.165, 1.54) is 12.1 Å². The lowest BCUT2D eigenvalue weighted by molar-refractivity contribution is -0.137. The Hall–Kier alpha value is -4.13. The normalized spacial score (nSPS) is 13.1. The molecule has 3 aromatic carbocycles. The number of aromatic nitrogens is 1. The maximum atomic E-state index is 13.7. The molecule has 35 heavy (non-hydrogen) atoms. The van der Waals surface area contributed by atoms with Crippen molar-refractivity contribution in [3.8, 4) is 11.1 Å². The number of aldehydes is 1. The summed E-state index contributed by atoms with van der Waals surface area (Å²) < 4.78 is 42.6. The fourth-order valence-electron chi connectivity index (χ4n) is 4.69. The third kappa shape index (κ3) is 4.03. The van der Waals surface area contributed by atoms with Gasteiger partial charge in [0.25, 0.3) is 5.91 Å². The SMILES string of the molecule is Cc1cc(C(=O)N2Cc3ccc(C=O)n3Cc3ccccc32)ccc1-c1ccccc1C(F)(F)F. The van der Waals surface area contributed by atoms with Crippen LogP contribution < -0.4 is 4.90 Å². The minimum atomic E-state index is -4.48. The van der Waals surface area contributed by atoms with Crippen LogP contribution in [0, 0.1) is 6.92 Å². The highest BCUT2D eigenvalue weighted by molar-refractivity contribution is 6.07. The Bertz CT molecular complexity index is 1450. The van der Waals surface area contributed by atoms with Gasteiger partial charge >= 0.3 is 6.18 Å². The summed E-state index contributed by atoms with van der Waals surface area (Å²) >= 11 is 0. The van der Waals surface area contributed by atoms with E-state index in [9.17, 15) is 22.8 Å². The molecule has 2 heterocycles. The maximum Gasteiger partial charge on any atom is 0.417 e. The fourth-order valence-corrected chi connectivity index (χ4v) is 4.69. The third-order valence-corrected chi connectivity index (χ3v) is 6.40. The summed E-state index contributed by atoms with van der Waals surface area (Å²) in [7, 11) is 0. The number of benzene rings is 3.